The Hall–Kier alpha value is -1.16. The van der Waals surface area contributed by atoms with Crippen molar-refractivity contribution in [1.29, 1.82) is 0 Å². The zero-order valence-electron chi connectivity index (χ0n) is 12.0. The van der Waals surface area contributed by atoms with Crippen LogP contribution in [-0.2, 0) is 6.54 Å². The van der Waals surface area contributed by atoms with Gasteiger partial charge in [-0.3, -0.25) is 4.98 Å². The molecule has 0 radical (unpaired) electrons. The van der Waals surface area contributed by atoms with Crippen LogP contribution in [0.5, 0.6) is 0 Å². The predicted molar refractivity (Wildman–Crippen MR) is 77.1 cm³/mol. The maximum absolute atomic E-state index is 4.80. The van der Waals surface area contributed by atoms with E-state index >= 15 is 0 Å². The number of aromatic nitrogens is 2. The highest BCUT2D eigenvalue weighted by Gasteiger charge is 2.30. The van der Waals surface area contributed by atoms with E-state index in [0.717, 1.165) is 24.1 Å². The Bertz CT molecular complexity index is 430. The van der Waals surface area contributed by atoms with Crippen molar-refractivity contribution in [3.8, 4) is 0 Å². The maximum atomic E-state index is 4.80. The van der Waals surface area contributed by atoms with Crippen molar-refractivity contribution < 1.29 is 0 Å². The topological polar surface area (TPSA) is 41.1 Å². The number of anilines is 1. The van der Waals surface area contributed by atoms with Crippen LogP contribution in [0.4, 0.5) is 5.82 Å². The lowest BCUT2D eigenvalue weighted by Crippen LogP contribution is -2.35. The lowest BCUT2D eigenvalue weighted by molar-refractivity contribution is 0.614. The van der Waals surface area contributed by atoms with Crippen LogP contribution in [0.3, 0.4) is 0 Å². The van der Waals surface area contributed by atoms with Crippen LogP contribution in [0, 0.1) is 0 Å². The minimum atomic E-state index is 0.589. The van der Waals surface area contributed by atoms with Crippen molar-refractivity contribution in [1.82, 2.24) is 15.3 Å². The monoisotopic (exact) mass is 260 g/mol. The molecule has 19 heavy (non-hydrogen) atoms. The van der Waals surface area contributed by atoms with E-state index < -0.39 is 0 Å². The molecular formula is C15H24N4. The second-order valence-electron chi connectivity index (χ2n) is 5.92. The van der Waals surface area contributed by atoms with Crippen LogP contribution >= 0.6 is 0 Å². The third-order valence-corrected chi connectivity index (χ3v) is 4.34. The standard InChI is InChI=1S/C15H24N4/c1-3-14-7-4-11(2)19(14)15-10-16-8-13(18-15)9-17-12-5-6-12/h8,10-12,14,17H,3-7,9H2,1-2H3. The molecule has 1 saturated heterocycles. The number of nitrogens with zero attached hydrogens (tertiary/aromatic N) is 3. The summed E-state index contributed by atoms with van der Waals surface area (Å²) in [7, 11) is 0. The Balaban J connectivity index is 1.73. The third-order valence-electron chi connectivity index (χ3n) is 4.34. The van der Waals surface area contributed by atoms with Gasteiger partial charge in [-0.05, 0) is 39.0 Å². The number of rotatable bonds is 5. The first-order valence-electron chi connectivity index (χ1n) is 7.60. The summed E-state index contributed by atoms with van der Waals surface area (Å²) < 4.78 is 0. The van der Waals surface area contributed by atoms with E-state index in [1.54, 1.807) is 0 Å². The molecular weight excluding hydrogens is 236 g/mol. The number of hydrogen-bond donors (Lipinski definition) is 1. The molecule has 2 unspecified atom stereocenters. The van der Waals surface area contributed by atoms with Crippen molar-refractivity contribution in [3.05, 3.63) is 18.1 Å². The van der Waals surface area contributed by atoms with Crippen LogP contribution in [0.15, 0.2) is 12.4 Å². The summed E-state index contributed by atoms with van der Waals surface area (Å²) in [4.78, 5) is 11.7. The molecule has 2 fully saturated rings. The highest BCUT2D eigenvalue weighted by molar-refractivity contribution is 5.41. The van der Waals surface area contributed by atoms with Gasteiger partial charge in [0.25, 0.3) is 0 Å². The van der Waals surface area contributed by atoms with Gasteiger partial charge in [0.2, 0.25) is 0 Å². The molecule has 0 amide bonds. The first kappa shape index (κ1) is 12.9. The van der Waals surface area contributed by atoms with E-state index in [9.17, 15) is 0 Å². The fourth-order valence-corrected chi connectivity index (χ4v) is 3.03. The van der Waals surface area contributed by atoms with Crippen LogP contribution in [0.25, 0.3) is 0 Å². The molecule has 2 atom stereocenters. The van der Waals surface area contributed by atoms with Gasteiger partial charge >= 0.3 is 0 Å². The van der Waals surface area contributed by atoms with E-state index in [0.29, 0.717) is 12.1 Å². The van der Waals surface area contributed by atoms with Gasteiger partial charge in [-0.25, -0.2) is 4.98 Å². The fourth-order valence-electron chi connectivity index (χ4n) is 3.03. The molecule has 0 spiro atoms. The summed E-state index contributed by atoms with van der Waals surface area (Å²) in [5.74, 6) is 1.06. The normalized spacial score (nSPS) is 26.9. The molecule has 1 aliphatic carbocycles. The molecule has 3 rings (SSSR count). The van der Waals surface area contributed by atoms with Crippen molar-refractivity contribution in [2.45, 2.75) is 70.6 Å². The van der Waals surface area contributed by atoms with E-state index in [4.69, 9.17) is 4.98 Å². The molecule has 1 aromatic heterocycles. The van der Waals surface area contributed by atoms with Gasteiger partial charge in [-0.2, -0.15) is 0 Å². The zero-order valence-corrected chi connectivity index (χ0v) is 12.0. The van der Waals surface area contributed by atoms with Gasteiger partial charge in [0.05, 0.1) is 11.9 Å². The Morgan fingerprint density at radius 3 is 2.84 bits per heavy atom. The molecule has 2 aliphatic rings. The van der Waals surface area contributed by atoms with Crippen molar-refractivity contribution in [2.75, 3.05) is 4.90 Å². The van der Waals surface area contributed by atoms with E-state index in [2.05, 4.69) is 29.0 Å². The molecule has 4 nitrogen and oxygen atoms in total. The molecule has 1 saturated carbocycles. The van der Waals surface area contributed by atoms with Gasteiger partial charge in [-0.15, -0.1) is 0 Å². The van der Waals surface area contributed by atoms with Crippen LogP contribution in [0.2, 0.25) is 0 Å². The van der Waals surface area contributed by atoms with E-state index in [1.165, 1.54) is 32.1 Å². The summed E-state index contributed by atoms with van der Waals surface area (Å²) in [6.45, 7) is 5.42. The molecule has 1 N–H and O–H groups in total. The van der Waals surface area contributed by atoms with Crippen molar-refractivity contribution in [3.63, 3.8) is 0 Å². The van der Waals surface area contributed by atoms with Crippen LogP contribution in [0.1, 0.15) is 51.6 Å². The van der Waals surface area contributed by atoms with Gasteiger partial charge in [0.15, 0.2) is 0 Å². The highest BCUT2D eigenvalue weighted by atomic mass is 15.3. The molecule has 4 heteroatoms. The Morgan fingerprint density at radius 1 is 1.26 bits per heavy atom. The minimum absolute atomic E-state index is 0.589. The number of hydrogen-bond acceptors (Lipinski definition) is 4. The molecule has 0 aromatic carbocycles. The third kappa shape index (κ3) is 2.89. The lowest BCUT2D eigenvalue weighted by atomic mass is 10.1. The summed E-state index contributed by atoms with van der Waals surface area (Å²) in [6.07, 6.45) is 10.2. The quantitative estimate of drug-likeness (QED) is 0.883. The largest absolute Gasteiger partial charge is 0.350 e. The molecule has 104 valence electrons. The summed E-state index contributed by atoms with van der Waals surface area (Å²) in [6, 6.07) is 1.95. The predicted octanol–water partition coefficient (Wildman–Crippen LogP) is 2.50. The van der Waals surface area contributed by atoms with Gasteiger partial charge < -0.3 is 10.2 Å². The molecule has 1 aromatic rings. The highest BCUT2D eigenvalue weighted by Crippen LogP contribution is 2.30. The van der Waals surface area contributed by atoms with E-state index in [-0.39, 0.29) is 0 Å². The second-order valence-corrected chi connectivity index (χ2v) is 5.92. The van der Waals surface area contributed by atoms with Gasteiger partial charge in [0, 0.05) is 30.9 Å². The van der Waals surface area contributed by atoms with Crippen LogP contribution in [-0.4, -0.2) is 28.1 Å². The Kier molecular flexibility index (Phi) is 3.69. The average Bonchev–Trinajstić information content (AvgIpc) is 3.19. The number of nitrogens with one attached hydrogen (secondary N) is 1. The second kappa shape index (κ2) is 5.45. The van der Waals surface area contributed by atoms with Crippen LogP contribution < -0.4 is 10.2 Å². The van der Waals surface area contributed by atoms with Crippen molar-refractivity contribution in [2.24, 2.45) is 0 Å². The molecule has 1 aliphatic heterocycles. The minimum Gasteiger partial charge on any atom is -0.350 e. The Labute approximate surface area is 115 Å². The van der Waals surface area contributed by atoms with Gasteiger partial charge in [-0.1, -0.05) is 6.92 Å². The van der Waals surface area contributed by atoms with E-state index in [1.807, 2.05) is 12.4 Å². The molecule has 2 heterocycles. The molecule has 0 bridgehead atoms. The summed E-state index contributed by atoms with van der Waals surface area (Å²) in [5.41, 5.74) is 1.07. The Morgan fingerprint density at radius 2 is 2.11 bits per heavy atom. The maximum Gasteiger partial charge on any atom is 0.147 e. The summed E-state index contributed by atoms with van der Waals surface area (Å²) >= 11 is 0. The first-order valence-corrected chi connectivity index (χ1v) is 7.60. The lowest BCUT2D eigenvalue weighted by Gasteiger charge is -2.29. The SMILES string of the molecule is CCC1CCC(C)N1c1cncc(CNC2CC2)n1. The van der Waals surface area contributed by atoms with Gasteiger partial charge in [0.1, 0.15) is 5.82 Å². The van der Waals surface area contributed by atoms with Crippen molar-refractivity contribution >= 4 is 5.82 Å². The average molecular weight is 260 g/mol. The fraction of sp³-hybridized carbons (Fsp3) is 0.733. The summed E-state index contributed by atoms with van der Waals surface area (Å²) in [5, 5.41) is 3.51. The first-order chi connectivity index (χ1) is 9.28. The smallest absolute Gasteiger partial charge is 0.147 e. The zero-order chi connectivity index (χ0) is 13.2.